The van der Waals surface area contributed by atoms with Crippen LogP contribution < -0.4 is 10.1 Å². The van der Waals surface area contributed by atoms with Crippen LogP contribution in [-0.2, 0) is 6.54 Å². The third kappa shape index (κ3) is 4.75. The number of nitrogens with zero attached hydrogens (tertiary/aromatic N) is 1. The number of halogens is 3. The molecule has 0 bridgehead atoms. The number of pyridine rings is 1. The minimum atomic E-state index is 0.438. The minimum Gasteiger partial charge on any atom is -0.439 e. The first-order valence-electron chi connectivity index (χ1n) is 6.59. The maximum Gasteiger partial charge on any atom is 0.219 e. The van der Waals surface area contributed by atoms with Crippen molar-refractivity contribution < 1.29 is 4.74 Å². The molecule has 0 amide bonds. The van der Waals surface area contributed by atoms with E-state index in [0.29, 0.717) is 33.2 Å². The topological polar surface area (TPSA) is 34.2 Å². The zero-order valence-electron chi connectivity index (χ0n) is 11.5. The van der Waals surface area contributed by atoms with E-state index in [-0.39, 0.29) is 0 Å². The van der Waals surface area contributed by atoms with Crippen LogP contribution in [0.3, 0.4) is 0 Å². The second-order valence-corrected chi connectivity index (χ2v) is 5.65. The van der Waals surface area contributed by atoms with Gasteiger partial charge in [0, 0.05) is 18.7 Å². The summed E-state index contributed by atoms with van der Waals surface area (Å²) in [7, 11) is 0. The Hall–Kier alpha value is -1.000. The molecule has 1 heterocycles. The molecule has 112 valence electrons. The predicted octanol–water partition coefficient (Wildman–Crippen LogP) is 5.33. The van der Waals surface area contributed by atoms with E-state index in [0.717, 1.165) is 18.7 Å². The number of benzene rings is 1. The largest absolute Gasteiger partial charge is 0.439 e. The van der Waals surface area contributed by atoms with E-state index in [1.54, 1.807) is 30.3 Å². The van der Waals surface area contributed by atoms with Crippen LogP contribution in [0, 0.1) is 0 Å². The summed E-state index contributed by atoms with van der Waals surface area (Å²) in [5, 5.41) is 4.79. The first kappa shape index (κ1) is 16.4. The van der Waals surface area contributed by atoms with Gasteiger partial charge in [-0.1, -0.05) is 41.7 Å². The summed E-state index contributed by atoms with van der Waals surface area (Å²) in [4.78, 5) is 4.40. The zero-order valence-corrected chi connectivity index (χ0v) is 13.8. The number of rotatable bonds is 6. The molecule has 0 saturated carbocycles. The first-order valence-corrected chi connectivity index (χ1v) is 7.72. The Morgan fingerprint density at radius 1 is 1.05 bits per heavy atom. The molecular weight excluding hydrogens is 331 g/mol. The Balaban J connectivity index is 2.12. The van der Waals surface area contributed by atoms with Crippen molar-refractivity contribution in [3.8, 4) is 11.6 Å². The van der Waals surface area contributed by atoms with Crippen molar-refractivity contribution in [1.82, 2.24) is 10.3 Å². The standard InChI is InChI=1S/C15H15Cl3N2O/c1-2-7-19-9-14-12(17)5-6-15(20-14)21-10-3-4-11(16)13(18)8-10/h3-6,8,19H,2,7,9H2,1H3. The molecule has 0 fully saturated rings. The van der Waals surface area contributed by atoms with Crippen LogP contribution in [0.4, 0.5) is 0 Å². The summed E-state index contributed by atoms with van der Waals surface area (Å²) >= 11 is 18.0. The van der Waals surface area contributed by atoms with Crippen LogP contribution in [0.5, 0.6) is 11.6 Å². The average molecular weight is 346 g/mol. The maximum absolute atomic E-state index is 6.13. The van der Waals surface area contributed by atoms with Gasteiger partial charge in [0.25, 0.3) is 0 Å². The Kier molecular flexibility index (Phi) is 6.12. The third-order valence-corrected chi connectivity index (χ3v) is 3.81. The molecule has 0 spiro atoms. The Morgan fingerprint density at radius 3 is 2.52 bits per heavy atom. The lowest BCUT2D eigenvalue weighted by molar-refractivity contribution is 0.459. The Bertz CT molecular complexity index is 620. The number of hydrogen-bond donors (Lipinski definition) is 1. The SMILES string of the molecule is CCCNCc1nc(Oc2ccc(Cl)c(Cl)c2)ccc1Cl. The fourth-order valence-electron chi connectivity index (χ4n) is 1.69. The third-order valence-electron chi connectivity index (χ3n) is 2.73. The van der Waals surface area contributed by atoms with Gasteiger partial charge < -0.3 is 10.1 Å². The quantitative estimate of drug-likeness (QED) is 0.718. The lowest BCUT2D eigenvalue weighted by atomic mass is 10.3. The molecule has 21 heavy (non-hydrogen) atoms. The van der Waals surface area contributed by atoms with Gasteiger partial charge in [-0.05, 0) is 31.2 Å². The molecule has 0 aliphatic rings. The van der Waals surface area contributed by atoms with Crippen molar-refractivity contribution >= 4 is 34.8 Å². The number of hydrogen-bond acceptors (Lipinski definition) is 3. The van der Waals surface area contributed by atoms with Gasteiger partial charge in [-0.3, -0.25) is 0 Å². The van der Waals surface area contributed by atoms with E-state index >= 15 is 0 Å². The molecule has 2 aromatic rings. The average Bonchev–Trinajstić information content (AvgIpc) is 2.46. The molecule has 0 unspecified atom stereocenters. The molecule has 1 aromatic carbocycles. The maximum atomic E-state index is 6.13. The van der Waals surface area contributed by atoms with Crippen LogP contribution in [0.1, 0.15) is 19.0 Å². The van der Waals surface area contributed by atoms with Crippen LogP contribution in [-0.4, -0.2) is 11.5 Å². The van der Waals surface area contributed by atoms with Crippen molar-refractivity contribution in [2.45, 2.75) is 19.9 Å². The molecule has 2 rings (SSSR count). The van der Waals surface area contributed by atoms with Crippen LogP contribution >= 0.6 is 34.8 Å². The van der Waals surface area contributed by atoms with Crippen molar-refractivity contribution in [2.75, 3.05) is 6.54 Å². The fourth-order valence-corrected chi connectivity index (χ4v) is 2.15. The highest BCUT2D eigenvalue weighted by atomic mass is 35.5. The highest BCUT2D eigenvalue weighted by molar-refractivity contribution is 6.42. The van der Waals surface area contributed by atoms with E-state index in [1.807, 2.05) is 0 Å². The van der Waals surface area contributed by atoms with Gasteiger partial charge >= 0.3 is 0 Å². The zero-order chi connectivity index (χ0) is 15.2. The Labute approximate surface area is 139 Å². The second kappa shape index (κ2) is 7.85. The van der Waals surface area contributed by atoms with Crippen molar-refractivity contribution in [3.05, 3.63) is 51.1 Å². The summed E-state index contributed by atoms with van der Waals surface area (Å²) in [6.45, 7) is 3.62. The molecule has 0 saturated heterocycles. The number of ether oxygens (including phenoxy) is 1. The minimum absolute atomic E-state index is 0.438. The van der Waals surface area contributed by atoms with Crippen molar-refractivity contribution in [3.63, 3.8) is 0 Å². The molecule has 6 heteroatoms. The summed E-state index contributed by atoms with van der Waals surface area (Å²) in [6.07, 6.45) is 1.05. The highest BCUT2D eigenvalue weighted by Crippen LogP contribution is 2.29. The van der Waals surface area contributed by atoms with Gasteiger partial charge in [-0.15, -0.1) is 0 Å². The fraction of sp³-hybridized carbons (Fsp3) is 0.267. The Morgan fingerprint density at radius 2 is 1.81 bits per heavy atom. The summed E-state index contributed by atoms with van der Waals surface area (Å²) < 4.78 is 5.68. The van der Waals surface area contributed by atoms with E-state index in [9.17, 15) is 0 Å². The monoisotopic (exact) mass is 344 g/mol. The molecule has 1 aromatic heterocycles. The van der Waals surface area contributed by atoms with Gasteiger partial charge in [0.2, 0.25) is 5.88 Å². The molecule has 1 N–H and O–H groups in total. The second-order valence-electron chi connectivity index (χ2n) is 4.43. The van der Waals surface area contributed by atoms with E-state index < -0.39 is 0 Å². The van der Waals surface area contributed by atoms with Crippen LogP contribution in [0.15, 0.2) is 30.3 Å². The summed E-state index contributed by atoms with van der Waals surface area (Å²) in [5.74, 6) is 1.04. The molecular formula is C15H15Cl3N2O. The summed E-state index contributed by atoms with van der Waals surface area (Å²) in [5.41, 5.74) is 0.752. The van der Waals surface area contributed by atoms with Gasteiger partial charge in [0.1, 0.15) is 5.75 Å². The predicted molar refractivity (Wildman–Crippen MR) is 87.8 cm³/mol. The van der Waals surface area contributed by atoms with Crippen LogP contribution in [0.2, 0.25) is 15.1 Å². The molecule has 3 nitrogen and oxygen atoms in total. The van der Waals surface area contributed by atoms with Crippen molar-refractivity contribution in [1.29, 1.82) is 0 Å². The number of aromatic nitrogens is 1. The lowest BCUT2D eigenvalue weighted by Gasteiger charge is -2.09. The first-order chi connectivity index (χ1) is 10.1. The molecule has 0 aliphatic heterocycles. The van der Waals surface area contributed by atoms with E-state index in [4.69, 9.17) is 39.5 Å². The van der Waals surface area contributed by atoms with Crippen LogP contribution in [0.25, 0.3) is 0 Å². The highest BCUT2D eigenvalue weighted by Gasteiger charge is 2.07. The van der Waals surface area contributed by atoms with Gasteiger partial charge in [0.15, 0.2) is 0 Å². The van der Waals surface area contributed by atoms with Gasteiger partial charge in [-0.2, -0.15) is 0 Å². The van der Waals surface area contributed by atoms with E-state index in [1.165, 1.54) is 0 Å². The van der Waals surface area contributed by atoms with Crippen molar-refractivity contribution in [2.24, 2.45) is 0 Å². The molecule has 0 atom stereocenters. The molecule has 0 radical (unpaired) electrons. The summed E-state index contributed by atoms with van der Waals surface area (Å²) in [6, 6.07) is 8.55. The smallest absolute Gasteiger partial charge is 0.219 e. The van der Waals surface area contributed by atoms with E-state index in [2.05, 4.69) is 17.2 Å². The normalized spacial score (nSPS) is 10.7. The lowest BCUT2D eigenvalue weighted by Crippen LogP contribution is -2.15. The van der Waals surface area contributed by atoms with Gasteiger partial charge in [-0.25, -0.2) is 4.98 Å². The number of nitrogens with one attached hydrogen (secondary N) is 1. The molecule has 0 aliphatic carbocycles. The van der Waals surface area contributed by atoms with Gasteiger partial charge in [0.05, 0.1) is 20.8 Å².